The summed E-state index contributed by atoms with van der Waals surface area (Å²) in [6, 6.07) is 7.08. The molecule has 18 heteroatoms. The number of phosphoric acid groups is 2. The molecule has 0 radical (unpaired) electrons. The summed E-state index contributed by atoms with van der Waals surface area (Å²) in [6.07, 6.45) is -5.35. The number of hydrogen-bond donors (Lipinski definition) is 6. The van der Waals surface area contributed by atoms with Crippen LogP contribution in [0, 0.1) is 0 Å². The van der Waals surface area contributed by atoms with Crippen molar-refractivity contribution in [3.63, 3.8) is 0 Å². The molecule has 16 nitrogen and oxygen atoms in total. The lowest BCUT2D eigenvalue weighted by Crippen LogP contribution is -2.37. The number of aliphatic hydroxyl groups excluding tert-OH is 2. The van der Waals surface area contributed by atoms with Gasteiger partial charge in [-0.05, 0) is 6.07 Å². The van der Waals surface area contributed by atoms with Crippen LogP contribution in [-0.4, -0.2) is 60.4 Å². The van der Waals surface area contributed by atoms with Gasteiger partial charge in [0.15, 0.2) is 6.23 Å². The summed E-state index contributed by atoms with van der Waals surface area (Å²) in [7, 11) is -10.4. The first kappa shape index (κ1) is 28.1. The number of aliphatic hydroxyl groups is 2. The summed E-state index contributed by atoms with van der Waals surface area (Å²) >= 11 is 0. The number of carbonyl (C=O) groups excluding carboxylic acids is 1. The Labute approximate surface area is 202 Å². The molecule has 2 heterocycles. The lowest BCUT2D eigenvalue weighted by molar-refractivity contribution is -0.114. The lowest BCUT2D eigenvalue weighted by atomic mass is 10.1. The number of rotatable bonds is 10. The van der Waals surface area contributed by atoms with E-state index in [0.717, 1.165) is 16.8 Å². The Morgan fingerprint density at radius 1 is 1.11 bits per heavy atom. The number of benzene rings is 1. The van der Waals surface area contributed by atoms with Gasteiger partial charge in [0.1, 0.15) is 18.3 Å². The zero-order valence-corrected chi connectivity index (χ0v) is 20.3. The molecule has 0 spiro atoms. The van der Waals surface area contributed by atoms with E-state index in [-0.39, 0.29) is 11.3 Å². The lowest BCUT2D eigenvalue weighted by Gasteiger charge is -2.19. The molecule has 6 atom stereocenters. The quantitative estimate of drug-likeness (QED) is 0.206. The molecule has 198 valence electrons. The molecule has 1 amide bonds. The van der Waals surface area contributed by atoms with Gasteiger partial charge in [0.25, 0.3) is 5.56 Å². The standard InChI is InChI=1S/C18H23N3O13P2/c1-10(22)19-12-5-3-2-4-11(12)8-31-35(27,28)34-36(29,30)32-9-13-15(24)16(25)17(33-13)21-7-6-14(23)20-18(21)26/h2-7,13,15-17,24-25H,8-9H2,1H3,(H,19,22)(H,27,28)(H,29,30)(H,20,23,26)/t13-,15-,16-,17-/m1/s1. The number of aromatic nitrogens is 2. The van der Waals surface area contributed by atoms with Crippen molar-refractivity contribution in [3.05, 3.63) is 62.9 Å². The van der Waals surface area contributed by atoms with Gasteiger partial charge in [-0.3, -0.25) is 28.2 Å². The number of ether oxygens (including phenoxy) is 1. The Morgan fingerprint density at radius 2 is 1.78 bits per heavy atom. The van der Waals surface area contributed by atoms with Crippen LogP contribution in [0.2, 0.25) is 0 Å². The van der Waals surface area contributed by atoms with Crippen LogP contribution in [0.1, 0.15) is 18.7 Å². The van der Waals surface area contributed by atoms with Crippen molar-refractivity contribution in [2.45, 2.75) is 38.1 Å². The Bertz CT molecular complexity index is 1310. The van der Waals surface area contributed by atoms with Crippen molar-refractivity contribution in [2.75, 3.05) is 11.9 Å². The van der Waals surface area contributed by atoms with Crippen LogP contribution in [0.4, 0.5) is 5.69 Å². The van der Waals surface area contributed by atoms with E-state index >= 15 is 0 Å². The zero-order valence-electron chi connectivity index (χ0n) is 18.5. The van der Waals surface area contributed by atoms with Crippen molar-refractivity contribution in [3.8, 4) is 0 Å². The molecule has 1 aliphatic rings. The minimum atomic E-state index is -5.27. The molecule has 1 aromatic carbocycles. The van der Waals surface area contributed by atoms with Crippen LogP contribution in [0.25, 0.3) is 0 Å². The topological polar surface area (TPSA) is 236 Å². The number of carbonyl (C=O) groups is 1. The van der Waals surface area contributed by atoms with Crippen LogP contribution < -0.4 is 16.6 Å². The fraction of sp³-hybridized carbons (Fsp3) is 0.389. The maximum atomic E-state index is 12.2. The normalized spacial score (nSPS) is 25.1. The number of anilines is 1. The predicted molar refractivity (Wildman–Crippen MR) is 119 cm³/mol. The number of aromatic amines is 1. The smallest absolute Gasteiger partial charge is 0.387 e. The van der Waals surface area contributed by atoms with E-state index in [4.69, 9.17) is 9.26 Å². The molecule has 2 unspecified atom stereocenters. The highest BCUT2D eigenvalue weighted by Crippen LogP contribution is 2.61. The number of phosphoric ester groups is 2. The molecular weight excluding hydrogens is 528 g/mol. The summed E-state index contributed by atoms with van der Waals surface area (Å²) in [5.41, 5.74) is -1.12. The Hall–Kier alpha value is -2.49. The third kappa shape index (κ3) is 7.27. The second-order valence-electron chi connectivity index (χ2n) is 7.49. The van der Waals surface area contributed by atoms with Crippen LogP contribution in [-0.2, 0) is 38.6 Å². The van der Waals surface area contributed by atoms with Gasteiger partial charge >= 0.3 is 21.3 Å². The SMILES string of the molecule is CC(=O)Nc1ccccc1COP(=O)(O)OP(=O)(O)OC[C@H]1O[C@@H](n2ccc(=O)[nH]c2=O)[C@H](O)[C@@H]1O. The highest BCUT2D eigenvalue weighted by Gasteiger charge is 2.46. The highest BCUT2D eigenvalue weighted by molar-refractivity contribution is 7.61. The second-order valence-corrected chi connectivity index (χ2v) is 10.5. The molecule has 0 saturated carbocycles. The van der Waals surface area contributed by atoms with Gasteiger partial charge in [-0.25, -0.2) is 13.9 Å². The first-order valence-corrected chi connectivity index (χ1v) is 13.1. The number of H-pyrrole nitrogens is 1. The molecule has 6 N–H and O–H groups in total. The van der Waals surface area contributed by atoms with Gasteiger partial charge in [-0.15, -0.1) is 0 Å². The van der Waals surface area contributed by atoms with Gasteiger partial charge in [0, 0.05) is 30.4 Å². The molecule has 0 bridgehead atoms. The molecule has 36 heavy (non-hydrogen) atoms. The molecule has 1 aromatic heterocycles. The Balaban J connectivity index is 1.59. The van der Waals surface area contributed by atoms with E-state index in [1.54, 1.807) is 12.1 Å². The largest absolute Gasteiger partial charge is 0.481 e. The number of nitrogens with one attached hydrogen (secondary N) is 2. The van der Waals surface area contributed by atoms with Crippen LogP contribution in [0.5, 0.6) is 0 Å². The van der Waals surface area contributed by atoms with E-state index in [2.05, 4.69) is 14.2 Å². The van der Waals surface area contributed by atoms with Crippen molar-refractivity contribution >= 4 is 27.2 Å². The Kier molecular flexibility index (Phi) is 8.80. The first-order chi connectivity index (χ1) is 16.8. The summed E-state index contributed by atoms with van der Waals surface area (Å²) in [5.74, 6) is -0.409. The summed E-state index contributed by atoms with van der Waals surface area (Å²) in [6.45, 7) is -0.245. The maximum absolute atomic E-state index is 12.2. The monoisotopic (exact) mass is 551 g/mol. The molecule has 2 aromatic rings. The van der Waals surface area contributed by atoms with Gasteiger partial charge < -0.3 is 30.1 Å². The fourth-order valence-electron chi connectivity index (χ4n) is 3.18. The Morgan fingerprint density at radius 3 is 2.44 bits per heavy atom. The second kappa shape index (κ2) is 11.3. The summed E-state index contributed by atoms with van der Waals surface area (Å²) in [4.78, 5) is 56.0. The van der Waals surface area contributed by atoms with Crippen molar-refractivity contribution in [1.82, 2.24) is 9.55 Å². The highest BCUT2D eigenvalue weighted by atomic mass is 31.3. The number of nitrogens with zero attached hydrogens (tertiary/aromatic N) is 1. The van der Waals surface area contributed by atoms with E-state index < -0.39 is 70.6 Å². The number of para-hydroxylation sites is 1. The van der Waals surface area contributed by atoms with Crippen LogP contribution in [0.15, 0.2) is 46.1 Å². The van der Waals surface area contributed by atoms with Gasteiger partial charge in [-0.1, -0.05) is 18.2 Å². The molecular formula is C18H23N3O13P2. The first-order valence-electron chi connectivity index (χ1n) is 10.1. The fourth-order valence-corrected chi connectivity index (χ4v) is 5.24. The van der Waals surface area contributed by atoms with Gasteiger partial charge in [0.2, 0.25) is 5.91 Å². The molecule has 1 saturated heterocycles. The maximum Gasteiger partial charge on any atom is 0.481 e. The minimum Gasteiger partial charge on any atom is -0.387 e. The number of amides is 1. The summed E-state index contributed by atoms with van der Waals surface area (Å²) < 4.78 is 44.0. The third-order valence-corrected chi connectivity index (χ3v) is 7.36. The molecule has 1 fully saturated rings. The average Bonchev–Trinajstić information content (AvgIpc) is 3.05. The van der Waals surface area contributed by atoms with E-state index in [9.17, 15) is 43.5 Å². The van der Waals surface area contributed by atoms with E-state index in [1.165, 1.54) is 19.1 Å². The molecule has 0 aliphatic carbocycles. The van der Waals surface area contributed by atoms with Gasteiger partial charge in [0.05, 0.1) is 13.2 Å². The van der Waals surface area contributed by atoms with Crippen LogP contribution >= 0.6 is 15.6 Å². The predicted octanol–water partition coefficient (Wildman–Crippen LogP) is -0.435. The minimum absolute atomic E-state index is 0.263. The summed E-state index contributed by atoms with van der Waals surface area (Å²) in [5, 5.41) is 22.8. The van der Waals surface area contributed by atoms with Crippen molar-refractivity contribution in [2.24, 2.45) is 0 Å². The molecule has 1 aliphatic heterocycles. The van der Waals surface area contributed by atoms with E-state index in [0.29, 0.717) is 0 Å². The number of hydrogen-bond acceptors (Lipinski definition) is 11. The van der Waals surface area contributed by atoms with Crippen LogP contribution in [0.3, 0.4) is 0 Å². The van der Waals surface area contributed by atoms with E-state index in [1.807, 2.05) is 4.98 Å². The molecule has 3 rings (SSSR count). The van der Waals surface area contributed by atoms with Crippen molar-refractivity contribution in [1.29, 1.82) is 0 Å². The zero-order chi connectivity index (χ0) is 26.7. The average molecular weight is 551 g/mol. The third-order valence-electron chi connectivity index (χ3n) is 4.78. The van der Waals surface area contributed by atoms with Crippen molar-refractivity contribution < 1.29 is 52.0 Å². The van der Waals surface area contributed by atoms with Gasteiger partial charge in [-0.2, -0.15) is 4.31 Å².